The van der Waals surface area contributed by atoms with Gasteiger partial charge < -0.3 is 14.2 Å². The molecule has 7 nitrogen and oxygen atoms in total. The van der Waals surface area contributed by atoms with Crippen molar-refractivity contribution >= 4 is 5.91 Å². The highest BCUT2D eigenvalue weighted by Crippen LogP contribution is 2.27. The summed E-state index contributed by atoms with van der Waals surface area (Å²) in [4.78, 5) is 28.1. The Labute approximate surface area is 187 Å². The predicted octanol–water partition coefficient (Wildman–Crippen LogP) is 2.78. The normalized spacial score (nSPS) is 18.1. The summed E-state index contributed by atoms with van der Waals surface area (Å²) in [6.07, 6.45) is 1.48. The van der Waals surface area contributed by atoms with Crippen LogP contribution in [0.1, 0.15) is 29.1 Å². The summed E-state index contributed by atoms with van der Waals surface area (Å²) in [6, 6.07) is 11.9. The second-order valence-electron chi connectivity index (χ2n) is 8.85. The van der Waals surface area contributed by atoms with Crippen molar-refractivity contribution in [3.63, 3.8) is 0 Å². The van der Waals surface area contributed by atoms with E-state index in [1.165, 1.54) is 0 Å². The van der Waals surface area contributed by atoms with Crippen LogP contribution in [-0.4, -0.2) is 44.9 Å². The third-order valence-electron chi connectivity index (χ3n) is 6.61. The highest BCUT2D eigenvalue weighted by Gasteiger charge is 2.31. The van der Waals surface area contributed by atoms with Gasteiger partial charge in [0.1, 0.15) is 0 Å². The van der Waals surface area contributed by atoms with Gasteiger partial charge in [0.25, 0.3) is 5.56 Å². The maximum absolute atomic E-state index is 13.2. The Morgan fingerprint density at radius 3 is 2.75 bits per heavy atom. The lowest BCUT2D eigenvalue weighted by atomic mass is 9.97. The van der Waals surface area contributed by atoms with E-state index in [0.29, 0.717) is 38.3 Å². The van der Waals surface area contributed by atoms with Gasteiger partial charge in [0, 0.05) is 50.1 Å². The van der Waals surface area contributed by atoms with Gasteiger partial charge in [-0.1, -0.05) is 12.1 Å². The molecule has 3 aromatic rings. The maximum Gasteiger partial charge on any atom is 0.258 e. The van der Waals surface area contributed by atoms with Crippen LogP contribution < -0.4 is 5.56 Å². The lowest BCUT2D eigenvalue weighted by molar-refractivity contribution is -0.136. The molecule has 166 valence electrons. The van der Waals surface area contributed by atoms with Crippen LogP contribution in [0.15, 0.2) is 41.2 Å². The van der Waals surface area contributed by atoms with E-state index in [2.05, 4.69) is 5.10 Å². The van der Waals surface area contributed by atoms with Gasteiger partial charge in [-0.2, -0.15) is 5.10 Å². The number of fused-ring (bicyclic) bond motifs is 1. The molecule has 1 atom stereocenters. The topological polar surface area (TPSA) is 69.4 Å². The van der Waals surface area contributed by atoms with Crippen LogP contribution in [0.2, 0.25) is 0 Å². The fraction of sp³-hybridized carbons (Fsp3) is 0.400. The van der Waals surface area contributed by atoms with Crippen LogP contribution in [0.25, 0.3) is 16.8 Å². The highest BCUT2D eigenvalue weighted by atomic mass is 16.5. The summed E-state index contributed by atoms with van der Waals surface area (Å²) in [7, 11) is 1.83. The van der Waals surface area contributed by atoms with Crippen molar-refractivity contribution in [3.05, 3.63) is 69.4 Å². The number of amides is 1. The quantitative estimate of drug-likeness (QED) is 0.638. The molecule has 32 heavy (non-hydrogen) atoms. The Morgan fingerprint density at radius 2 is 2.03 bits per heavy atom. The average molecular weight is 433 g/mol. The van der Waals surface area contributed by atoms with Gasteiger partial charge >= 0.3 is 0 Å². The molecule has 1 amide bonds. The number of nitrogens with zero attached hydrogens (tertiary/aromatic N) is 4. The Morgan fingerprint density at radius 1 is 1.19 bits per heavy atom. The van der Waals surface area contributed by atoms with Gasteiger partial charge in [-0.3, -0.25) is 9.59 Å². The van der Waals surface area contributed by atoms with Gasteiger partial charge in [-0.15, -0.1) is 0 Å². The van der Waals surface area contributed by atoms with Crippen LogP contribution >= 0.6 is 0 Å². The molecular weight excluding hydrogens is 404 g/mol. The monoisotopic (exact) mass is 432 g/mol. The van der Waals surface area contributed by atoms with Gasteiger partial charge in [-0.25, -0.2) is 4.68 Å². The zero-order valence-electron chi connectivity index (χ0n) is 18.8. The molecule has 2 aliphatic heterocycles. The molecule has 0 bridgehead atoms. The van der Waals surface area contributed by atoms with Crippen molar-refractivity contribution in [2.45, 2.75) is 33.2 Å². The zero-order chi connectivity index (χ0) is 22.4. The number of ether oxygens (including phenoxy) is 1. The fourth-order valence-corrected chi connectivity index (χ4v) is 4.91. The van der Waals surface area contributed by atoms with E-state index in [-0.39, 0.29) is 17.4 Å². The van der Waals surface area contributed by atoms with Gasteiger partial charge in [0.05, 0.1) is 23.9 Å². The number of benzene rings is 1. The first-order chi connectivity index (χ1) is 15.4. The summed E-state index contributed by atoms with van der Waals surface area (Å²) in [5.41, 5.74) is 6.46. The summed E-state index contributed by atoms with van der Waals surface area (Å²) >= 11 is 0. The minimum absolute atomic E-state index is 0.0155. The third-order valence-corrected chi connectivity index (χ3v) is 6.61. The molecule has 4 heterocycles. The Kier molecular flexibility index (Phi) is 5.21. The Bertz CT molecular complexity index is 1250. The molecule has 5 rings (SSSR count). The lowest BCUT2D eigenvalue weighted by Crippen LogP contribution is -2.42. The number of aryl methyl sites for hydroxylation is 2. The van der Waals surface area contributed by atoms with E-state index in [4.69, 9.17) is 4.74 Å². The van der Waals surface area contributed by atoms with E-state index in [9.17, 15) is 9.59 Å². The molecule has 1 fully saturated rings. The Hall–Kier alpha value is -3.19. The maximum atomic E-state index is 13.2. The molecule has 2 aromatic heterocycles. The van der Waals surface area contributed by atoms with Crippen molar-refractivity contribution in [2.75, 3.05) is 19.8 Å². The molecular formula is C25H28N4O3. The van der Waals surface area contributed by atoms with E-state index in [1.54, 1.807) is 4.57 Å². The van der Waals surface area contributed by atoms with Crippen LogP contribution in [0.3, 0.4) is 0 Å². The largest absolute Gasteiger partial charge is 0.381 e. The summed E-state index contributed by atoms with van der Waals surface area (Å²) in [5.74, 6) is 0.121. The van der Waals surface area contributed by atoms with Crippen molar-refractivity contribution < 1.29 is 9.53 Å². The molecule has 0 aliphatic carbocycles. The molecule has 0 saturated carbocycles. The number of hydrogen-bond acceptors (Lipinski definition) is 4. The van der Waals surface area contributed by atoms with E-state index in [1.807, 2.05) is 66.9 Å². The number of carbonyl (C=O) groups is 1. The van der Waals surface area contributed by atoms with Crippen LogP contribution in [-0.2, 0) is 29.5 Å². The van der Waals surface area contributed by atoms with Crippen molar-refractivity contribution in [1.82, 2.24) is 19.2 Å². The summed E-state index contributed by atoms with van der Waals surface area (Å²) < 4.78 is 9.05. The first-order valence-corrected chi connectivity index (χ1v) is 11.1. The minimum atomic E-state index is -0.0407. The number of aromatic nitrogens is 3. The number of pyridine rings is 1. The highest BCUT2D eigenvalue weighted by molar-refractivity contribution is 5.79. The molecule has 1 saturated heterocycles. The SMILES string of the molecule is Cc1cc(C)n(-c2cccc(-c3cc4c(n(C)c3=O)CCN(C(=O)C3CCOC3)C4)c2)n1. The van der Waals surface area contributed by atoms with E-state index in [0.717, 1.165) is 40.3 Å². The molecule has 1 unspecified atom stereocenters. The third kappa shape index (κ3) is 3.56. The second kappa shape index (κ2) is 8.06. The first kappa shape index (κ1) is 20.7. The second-order valence-corrected chi connectivity index (χ2v) is 8.85. The van der Waals surface area contributed by atoms with Crippen molar-refractivity contribution in [3.8, 4) is 16.8 Å². The van der Waals surface area contributed by atoms with Crippen molar-refractivity contribution in [1.29, 1.82) is 0 Å². The lowest BCUT2D eigenvalue weighted by Gasteiger charge is -2.32. The van der Waals surface area contributed by atoms with Crippen LogP contribution in [0.5, 0.6) is 0 Å². The predicted molar refractivity (Wildman–Crippen MR) is 122 cm³/mol. The number of carbonyl (C=O) groups excluding carboxylic acids is 1. The molecule has 2 aliphatic rings. The van der Waals surface area contributed by atoms with Crippen LogP contribution in [0.4, 0.5) is 0 Å². The number of hydrogen-bond donors (Lipinski definition) is 0. The van der Waals surface area contributed by atoms with Crippen LogP contribution in [0, 0.1) is 19.8 Å². The smallest absolute Gasteiger partial charge is 0.258 e. The molecule has 0 N–H and O–H groups in total. The van der Waals surface area contributed by atoms with Crippen molar-refractivity contribution in [2.24, 2.45) is 13.0 Å². The molecule has 1 aromatic carbocycles. The fourth-order valence-electron chi connectivity index (χ4n) is 4.91. The Balaban J connectivity index is 1.51. The zero-order valence-corrected chi connectivity index (χ0v) is 18.8. The molecule has 7 heteroatoms. The van der Waals surface area contributed by atoms with E-state index < -0.39 is 0 Å². The van der Waals surface area contributed by atoms with Gasteiger partial charge in [0.15, 0.2) is 0 Å². The number of rotatable bonds is 3. The van der Waals surface area contributed by atoms with Gasteiger partial charge in [0.2, 0.25) is 5.91 Å². The van der Waals surface area contributed by atoms with Gasteiger partial charge in [-0.05, 0) is 55.7 Å². The summed E-state index contributed by atoms with van der Waals surface area (Å²) in [6.45, 7) is 6.33. The minimum Gasteiger partial charge on any atom is -0.381 e. The molecule has 0 spiro atoms. The summed E-state index contributed by atoms with van der Waals surface area (Å²) in [5, 5.41) is 4.57. The van der Waals surface area contributed by atoms with E-state index >= 15 is 0 Å². The first-order valence-electron chi connectivity index (χ1n) is 11.1. The average Bonchev–Trinajstić information content (AvgIpc) is 3.45. The molecule has 0 radical (unpaired) electrons. The standard InChI is InChI=1S/C25H28N4O3/c1-16-11-17(2)29(26-16)21-6-4-5-18(12-21)22-13-20-14-28(24(30)19-8-10-32-15-19)9-7-23(20)27(3)25(22)31/h4-6,11-13,19H,7-10,14-15H2,1-3H3.